The molecular formula is C29H46NO3+. The first kappa shape index (κ1) is 27.4. The normalized spacial score (nSPS) is 13.8. The average molecular weight is 457 g/mol. The van der Waals surface area contributed by atoms with Crippen molar-refractivity contribution in [3.63, 3.8) is 0 Å². The number of benzene rings is 2. The van der Waals surface area contributed by atoms with Gasteiger partial charge < -0.3 is 19.1 Å². The van der Waals surface area contributed by atoms with Gasteiger partial charge in [0.2, 0.25) is 0 Å². The van der Waals surface area contributed by atoms with Crippen LogP contribution >= 0.6 is 0 Å². The molecule has 4 nitrogen and oxygen atoms in total. The minimum absolute atomic E-state index is 0.00536. The lowest BCUT2D eigenvalue weighted by molar-refractivity contribution is -0.906. The maximum Gasteiger partial charge on any atom is 0.126 e. The zero-order valence-corrected chi connectivity index (χ0v) is 22.4. The fourth-order valence-corrected chi connectivity index (χ4v) is 4.01. The van der Waals surface area contributed by atoms with E-state index in [0.717, 1.165) is 12.3 Å². The number of hydrogen-bond donors (Lipinski definition) is 1. The Kier molecular flexibility index (Phi) is 9.15. The van der Waals surface area contributed by atoms with Crippen LogP contribution in [0.25, 0.3) is 0 Å². The molecule has 0 saturated carbocycles. The van der Waals surface area contributed by atoms with Gasteiger partial charge in [-0.3, -0.25) is 0 Å². The van der Waals surface area contributed by atoms with Crippen molar-refractivity contribution in [3.8, 4) is 5.75 Å². The summed E-state index contributed by atoms with van der Waals surface area (Å²) in [5.41, 5.74) is 5.16. The Morgan fingerprint density at radius 3 is 2.09 bits per heavy atom. The van der Waals surface area contributed by atoms with E-state index in [9.17, 15) is 5.11 Å². The fraction of sp³-hybridized carbons (Fsp3) is 0.586. The van der Waals surface area contributed by atoms with Gasteiger partial charge in [-0.2, -0.15) is 0 Å². The first-order chi connectivity index (χ1) is 15.2. The van der Waals surface area contributed by atoms with Crippen molar-refractivity contribution in [1.82, 2.24) is 0 Å². The Morgan fingerprint density at radius 1 is 0.879 bits per heavy atom. The molecule has 1 N–H and O–H groups in total. The molecule has 0 radical (unpaired) electrons. The number of likely N-dealkylation sites (N-methyl/N-ethyl adjacent to an activating group) is 1. The largest absolute Gasteiger partial charge is 0.491 e. The topological polar surface area (TPSA) is 38.7 Å². The number of hydrogen-bond acceptors (Lipinski definition) is 3. The highest BCUT2D eigenvalue weighted by molar-refractivity contribution is 5.43. The van der Waals surface area contributed by atoms with Crippen LogP contribution in [0.5, 0.6) is 5.75 Å². The van der Waals surface area contributed by atoms with Crippen LogP contribution in [0.3, 0.4) is 0 Å². The molecule has 0 aliphatic carbocycles. The second kappa shape index (κ2) is 11.0. The smallest absolute Gasteiger partial charge is 0.126 e. The second-order valence-corrected chi connectivity index (χ2v) is 12.1. The Balaban J connectivity index is 1.82. The van der Waals surface area contributed by atoms with Crippen LogP contribution in [0.2, 0.25) is 0 Å². The summed E-state index contributed by atoms with van der Waals surface area (Å²) in [4.78, 5) is 0. The van der Waals surface area contributed by atoms with E-state index < -0.39 is 6.10 Å². The van der Waals surface area contributed by atoms with Gasteiger partial charge in [-0.15, -0.1) is 0 Å². The third-order valence-electron chi connectivity index (χ3n) is 5.89. The standard InChI is InChI=1S/C29H46NO3/c1-22-10-12-23(13-11-22)19-30(8,9)20-25(31)21-32-16-17-33-27-15-14-24(28(2,3)4)18-26(27)29(5,6)7/h10-15,18,25,31H,16-17,19-21H2,1-9H3/q+1/t25-/m0/s1. The molecule has 33 heavy (non-hydrogen) atoms. The number of quaternary nitrogens is 1. The summed E-state index contributed by atoms with van der Waals surface area (Å²) in [7, 11) is 4.28. The lowest BCUT2D eigenvalue weighted by Crippen LogP contribution is -2.46. The molecule has 0 spiro atoms. The van der Waals surface area contributed by atoms with Gasteiger partial charge in [0.1, 0.15) is 31.5 Å². The molecule has 0 aliphatic rings. The van der Waals surface area contributed by atoms with E-state index in [4.69, 9.17) is 9.47 Å². The summed E-state index contributed by atoms with van der Waals surface area (Å²) in [5, 5.41) is 10.5. The first-order valence-corrected chi connectivity index (χ1v) is 12.1. The third-order valence-corrected chi connectivity index (χ3v) is 5.89. The van der Waals surface area contributed by atoms with E-state index in [1.807, 2.05) is 0 Å². The maximum absolute atomic E-state index is 10.5. The minimum Gasteiger partial charge on any atom is -0.491 e. The number of aliphatic hydroxyl groups is 1. The van der Waals surface area contributed by atoms with E-state index in [0.29, 0.717) is 30.8 Å². The predicted octanol–water partition coefficient (Wildman–Crippen LogP) is 5.62. The molecule has 0 heterocycles. The molecule has 0 fully saturated rings. The Labute approximate surface area is 202 Å². The van der Waals surface area contributed by atoms with E-state index >= 15 is 0 Å². The van der Waals surface area contributed by atoms with Gasteiger partial charge in [0, 0.05) is 5.56 Å². The van der Waals surface area contributed by atoms with Crippen LogP contribution in [0.15, 0.2) is 42.5 Å². The Bertz CT molecular complexity index is 873. The molecule has 0 aromatic heterocycles. The second-order valence-electron chi connectivity index (χ2n) is 12.1. The van der Waals surface area contributed by atoms with Gasteiger partial charge in [-0.05, 0) is 34.9 Å². The van der Waals surface area contributed by atoms with Gasteiger partial charge in [-0.1, -0.05) is 83.5 Å². The van der Waals surface area contributed by atoms with E-state index in [1.165, 1.54) is 22.3 Å². The van der Waals surface area contributed by atoms with Gasteiger partial charge in [0.25, 0.3) is 0 Å². The summed E-state index contributed by atoms with van der Waals surface area (Å²) in [6.07, 6.45) is -0.512. The number of rotatable bonds is 10. The highest BCUT2D eigenvalue weighted by Crippen LogP contribution is 2.35. The van der Waals surface area contributed by atoms with Crippen LogP contribution in [0.4, 0.5) is 0 Å². The van der Waals surface area contributed by atoms with Crippen LogP contribution in [-0.2, 0) is 22.1 Å². The van der Waals surface area contributed by atoms with Crippen molar-refractivity contribution >= 4 is 0 Å². The van der Waals surface area contributed by atoms with Crippen LogP contribution in [-0.4, -0.2) is 56.2 Å². The molecule has 2 aromatic rings. The van der Waals surface area contributed by atoms with Crippen LogP contribution in [0.1, 0.15) is 63.8 Å². The van der Waals surface area contributed by atoms with E-state index in [1.54, 1.807) is 0 Å². The lowest BCUT2D eigenvalue weighted by Gasteiger charge is -2.32. The maximum atomic E-state index is 10.5. The number of aryl methyl sites for hydroxylation is 1. The van der Waals surface area contributed by atoms with Gasteiger partial charge in [0.05, 0.1) is 27.3 Å². The average Bonchev–Trinajstić information content (AvgIpc) is 2.67. The summed E-state index contributed by atoms with van der Waals surface area (Å²) in [5.74, 6) is 0.913. The Morgan fingerprint density at radius 2 is 1.52 bits per heavy atom. The fourth-order valence-electron chi connectivity index (χ4n) is 4.01. The molecule has 2 rings (SSSR count). The third kappa shape index (κ3) is 9.11. The van der Waals surface area contributed by atoms with E-state index in [-0.39, 0.29) is 10.8 Å². The predicted molar refractivity (Wildman–Crippen MR) is 138 cm³/mol. The molecule has 1 atom stereocenters. The van der Waals surface area contributed by atoms with Crippen molar-refractivity contribution in [1.29, 1.82) is 0 Å². The van der Waals surface area contributed by atoms with E-state index in [2.05, 4.69) is 105 Å². The summed E-state index contributed by atoms with van der Waals surface area (Å²) < 4.78 is 12.5. The van der Waals surface area contributed by atoms with Crippen molar-refractivity contribution < 1.29 is 19.1 Å². The zero-order chi connectivity index (χ0) is 24.9. The summed E-state index contributed by atoms with van der Waals surface area (Å²) in [6.45, 7) is 18.2. The SMILES string of the molecule is Cc1ccc(C[N+](C)(C)C[C@H](O)COCCOc2ccc(C(C)(C)C)cc2C(C)(C)C)cc1. The number of aliphatic hydroxyl groups excluding tert-OH is 1. The van der Waals surface area contributed by atoms with Crippen molar-refractivity contribution in [2.75, 3.05) is 40.5 Å². The lowest BCUT2D eigenvalue weighted by atomic mass is 9.80. The summed E-state index contributed by atoms with van der Waals surface area (Å²) >= 11 is 0. The summed E-state index contributed by atoms with van der Waals surface area (Å²) in [6, 6.07) is 15.1. The van der Waals surface area contributed by atoms with Gasteiger partial charge in [0.15, 0.2) is 0 Å². The van der Waals surface area contributed by atoms with Crippen molar-refractivity contribution in [2.24, 2.45) is 0 Å². The van der Waals surface area contributed by atoms with Gasteiger partial charge >= 0.3 is 0 Å². The monoisotopic (exact) mass is 456 g/mol. The minimum atomic E-state index is -0.512. The van der Waals surface area contributed by atoms with Crippen molar-refractivity contribution in [2.45, 2.75) is 71.9 Å². The molecule has 0 amide bonds. The number of ether oxygens (including phenoxy) is 2. The first-order valence-electron chi connectivity index (χ1n) is 12.1. The molecule has 0 unspecified atom stereocenters. The van der Waals surface area contributed by atoms with Crippen molar-refractivity contribution in [3.05, 3.63) is 64.7 Å². The number of nitrogens with zero attached hydrogens (tertiary/aromatic N) is 1. The highest BCUT2D eigenvalue weighted by atomic mass is 16.5. The van der Waals surface area contributed by atoms with Crippen LogP contribution < -0.4 is 4.74 Å². The van der Waals surface area contributed by atoms with Gasteiger partial charge in [-0.25, -0.2) is 0 Å². The molecule has 0 aliphatic heterocycles. The molecule has 0 bridgehead atoms. The molecule has 184 valence electrons. The highest BCUT2D eigenvalue weighted by Gasteiger charge is 2.24. The van der Waals surface area contributed by atoms with Crippen LogP contribution in [0, 0.1) is 6.92 Å². The molecular weight excluding hydrogens is 410 g/mol. The Hall–Kier alpha value is -1.88. The molecule has 4 heteroatoms. The quantitative estimate of drug-likeness (QED) is 0.372. The molecule has 2 aromatic carbocycles. The zero-order valence-electron chi connectivity index (χ0n) is 22.4. The molecule has 0 saturated heterocycles.